The highest BCUT2D eigenvalue weighted by Crippen LogP contribution is 2.26. The molecule has 0 fully saturated rings. The molecule has 0 aliphatic carbocycles. The molecule has 0 atom stereocenters. The lowest BCUT2D eigenvalue weighted by atomic mass is 10.1. The van der Waals surface area contributed by atoms with E-state index in [0.717, 1.165) is 22.7 Å². The van der Waals surface area contributed by atoms with E-state index in [1.54, 1.807) is 13.3 Å². The average Bonchev–Trinajstić information content (AvgIpc) is 3.13. The summed E-state index contributed by atoms with van der Waals surface area (Å²) < 4.78 is 5.13. The molecule has 1 heterocycles. The Kier molecular flexibility index (Phi) is 5.12. The minimum Gasteiger partial charge on any atom is -0.497 e. The van der Waals surface area contributed by atoms with Crippen LogP contribution in [-0.4, -0.2) is 12.1 Å². The van der Waals surface area contributed by atoms with Crippen molar-refractivity contribution in [3.8, 4) is 23.1 Å². The minimum atomic E-state index is 0.499. The molecule has 4 nitrogen and oxygen atoms in total. The fourth-order valence-corrected chi connectivity index (χ4v) is 3.03. The van der Waals surface area contributed by atoms with Crippen molar-refractivity contribution in [2.45, 2.75) is 6.92 Å². The van der Waals surface area contributed by atoms with E-state index in [-0.39, 0.29) is 0 Å². The third kappa shape index (κ3) is 4.06. The molecule has 0 unspecified atom stereocenters. The van der Waals surface area contributed by atoms with E-state index in [1.165, 1.54) is 16.9 Å². The molecule has 0 aliphatic heterocycles. The van der Waals surface area contributed by atoms with Crippen LogP contribution in [0.25, 0.3) is 16.8 Å². The lowest BCUT2D eigenvalue weighted by molar-refractivity contribution is 0.415. The van der Waals surface area contributed by atoms with Gasteiger partial charge in [-0.3, -0.25) is 0 Å². The molecule has 0 amide bonds. The number of allylic oxidation sites excluding steroid dienone is 1. The zero-order valence-electron chi connectivity index (χ0n) is 14.0. The molecular weight excluding hydrogens is 330 g/mol. The van der Waals surface area contributed by atoms with Gasteiger partial charge in [-0.05, 0) is 31.2 Å². The van der Waals surface area contributed by atoms with Gasteiger partial charge in [-0.15, -0.1) is 11.3 Å². The number of ether oxygens (including phenoxy) is 1. The molecule has 0 spiro atoms. The van der Waals surface area contributed by atoms with E-state index in [0.29, 0.717) is 10.6 Å². The first-order valence-electron chi connectivity index (χ1n) is 7.73. The van der Waals surface area contributed by atoms with Crippen molar-refractivity contribution in [3.05, 3.63) is 70.7 Å². The number of hydrogen-bond donors (Lipinski definition) is 1. The van der Waals surface area contributed by atoms with Crippen molar-refractivity contribution in [2.75, 3.05) is 12.4 Å². The summed E-state index contributed by atoms with van der Waals surface area (Å²) in [7, 11) is 1.63. The van der Waals surface area contributed by atoms with Crippen LogP contribution in [-0.2, 0) is 0 Å². The summed E-state index contributed by atoms with van der Waals surface area (Å²) >= 11 is 1.46. The van der Waals surface area contributed by atoms with Gasteiger partial charge in [-0.25, -0.2) is 4.98 Å². The number of aryl methyl sites for hydroxylation is 1. The van der Waals surface area contributed by atoms with Gasteiger partial charge in [0.05, 0.1) is 12.8 Å². The van der Waals surface area contributed by atoms with Crippen LogP contribution in [0.3, 0.4) is 0 Å². The second kappa shape index (κ2) is 7.65. The van der Waals surface area contributed by atoms with Crippen molar-refractivity contribution in [2.24, 2.45) is 0 Å². The summed E-state index contributed by atoms with van der Waals surface area (Å²) in [5, 5.41) is 15.2. The Balaban J connectivity index is 1.78. The standard InChI is InChI=1S/C20H17N3OS/c1-14-3-5-15(6-4-14)19-13-25-20(23-19)16(11-21)12-22-17-7-9-18(24-2)10-8-17/h3-10,12-13,22H,1-2H3. The van der Waals surface area contributed by atoms with Crippen LogP contribution in [0.2, 0.25) is 0 Å². The van der Waals surface area contributed by atoms with Gasteiger partial charge in [0.2, 0.25) is 0 Å². The summed E-state index contributed by atoms with van der Waals surface area (Å²) in [6.07, 6.45) is 1.68. The first-order chi connectivity index (χ1) is 12.2. The molecule has 1 N–H and O–H groups in total. The zero-order chi connectivity index (χ0) is 17.6. The maximum absolute atomic E-state index is 9.44. The van der Waals surface area contributed by atoms with E-state index < -0.39 is 0 Å². The monoisotopic (exact) mass is 347 g/mol. The molecule has 5 heteroatoms. The summed E-state index contributed by atoms with van der Waals surface area (Å²) in [5.41, 5.74) is 4.52. The third-order valence-electron chi connectivity index (χ3n) is 3.68. The highest BCUT2D eigenvalue weighted by molar-refractivity contribution is 7.11. The number of rotatable bonds is 5. The molecular formula is C20H17N3OS. The fraction of sp³-hybridized carbons (Fsp3) is 0.100. The summed E-state index contributed by atoms with van der Waals surface area (Å²) in [5.74, 6) is 0.790. The number of anilines is 1. The second-order valence-electron chi connectivity index (χ2n) is 5.45. The van der Waals surface area contributed by atoms with E-state index in [4.69, 9.17) is 4.74 Å². The molecule has 124 valence electrons. The molecule has 3 aromatic rings. The average molecular weight is 347 g/mol. The minimum absolute atomic E-state index is 0.499. The first-order valence-corrected chi connectivity index (χ1v) is 8.61. The number of aromatic nitrogens is 1. The molecule has 0 saturated carbocycles. The summed E-state index contributed by atoms with van der Waals surface area (Å²) in [6.45, 7) is 2.05. The van der Waals surface area contributed by atoms with Crippen LogP contribution in [0.1, 0.15) is 10.6 Å². The number of methoxy groups -OCH3 is 1. The van der Waals surface area contributed by atoms with Crippen molar-refractivity contribution >= 4 is 22.6 Å². The molecule has 3 rings (SSSR count). The van der Waals surface area contributed by atoms with Crippen LogP contribution in [0.5, 0.6) is 5.75 Å². The van der Waals surface area contributed by atoms with Gasteiger partial charge < -0.3 is 10.1 Å². The predicted molar refractivity (Wildman–Crippen MR) is 102 cm³/mol. The quantitative estimate of drug-likeness (QED) is 0.652. The largest absolute Gasteiger partial charge is 0.497 e. The Bertz CT molecular complexity index is 919. The van der Waals surface area contributed by atoms with Gasteiger partial charge in [0.25, 0.3) is 0 Å². The lowest BCUT2D eigenvalue weighted by Gasteiger charge is -2.03. The number of hydrogen-bond acceptors (Lipinski definition) is 5. The van der Waals surface area contributed by atoms with Gasteiger partial charge in [-0.1, -0.05) is 29.8 Å². The Morgan fingerprint density at radius 2 is 1.88 bits per heavy atom. The first kappa shape index (κ1) is 16.7. The van der Waals surface area contributed by atoms with Gasteiger partial charge in [0.15, 0.2) is 0 Å². The normalized spacial score (nSPS) is 11.0. The highest BCUT2D eigenvalue weighted by Gasteiger charge is 2.09. The molecule has 1 aromatic heterocycles. The van der Waals surface area contributed by atoms with Crippen molar-refractivity contribution in [3.63, 3.8) is 0 Å². The van der Waals surface area contributed by atoms with Crippen LogP contribution >= 0.6 is 11.3 Å². The topological polar surface area (TPSA) is 57.9 Å². The Morgan fingerprint density at radius 1 is 1.16 bits per heavy atom. The molecule has 0 radical (unpaired) electrons. The van der Waals surface area contributed by atoms with Gasteiger partial charge >= 0.3 is 0 Å². The summed E-state index contributed by atoms with van der Waals surface area (Å²) in [4.78, 5) is 4.59. The number of benzene rings is 2. The van der Waals surface area contributed by atoms with Crippen molar-refractivity contribution in [1.29, 1.82) is 5.26 Å². The number of thiazole rings is 1. The predicted octanol–water partition coefficient (Wildman–Crippen LogP) is 5.10. The Hall–Kier alpha value is -3.10. The molecule has 0 saturated heterocycles. The summed E-state index contributed by atoms with van der Waals surface area (Å²) in [6, 6.07) is 17.9. The van der Waals surface area contributed by atoms with E-state index in [1.807, 2.05) is 41.8 Å². The zero-order valence-corrected chi connectivity index (χ0v) is 14.8. The smallest absolute Gasteiger partial charge is 0.136 e. The van der Waals surface area contributed by atoms with Gasteiger partial charge in [0.1, 0.15) is 22.4 Å². The number of nitrogens with zero attached hydrogens (tertiary/aromatic N) is 2. The lowest BCUT2D eigenvalue weighted by Crippen LogP contribution is -1.91. The Morgan fingerprint density at radius 3 is 2.52 bits per heavy atom. The van der Waals surface area contributed by atoms with Gasteiger partial charge in [0, 0.05) is 22.8 Å². The second-order valence-corrected chi connectivity index (χ2v) is 6.30. The fourth-order valence-electron chi connectivity index (χ4n) is 2.24. The van der Waals surface area contributed by atoms with Crippen LogP contribution in [0, 0.1) is 18.3 Å². The maximum atomic E-state index is 9.44. The van der Waals surface area contributed by atoms with Crippen LogP contribution in [0.4, 0.5) is 5.69 Å². The van der Waals surface area contributed by atoms with E-state index in [9.17, 15) is 5.26 Å². The maximum Gasteiger partial charge on any atom is 0.136 e. The van der Waals surface area contributed by atoms with Crippen molar-refractivity contribution < 1.29 is 4.74 Å². The highest BCUT2D eigenvalue weighted by atomic mass is 32.1. The molecule has 0 aliphatic rings. The number of nitrogens with one attached hydrogen (secondary N) is 1. The third-order valence-corrected chi connectivity index (χ3v) is 4.55. The number of nitriles is 1. The van der Waals surface area contributed by atoms with Crippen LogP contribution in [0.15, 0.2) is 60.1 Å². The van der Waals surface area contributed by atoms with E-state index in [2.05, 4.69) is 35.4 Å². The van der Waals surface area contributed by atoms with Gasteiger partial charge in [-0.2, -0.15) is 5.26 Å². The molecule has 0 bridgehead atoms. The molecule has 25 heavy (non-hydrogen) atoms. The SMILES string of the molecule is COc1ccc(NC=C(C#N)c2nc(-c3ccc(C)cc3)cs2)cc1. The van der Waals surface area contributed by atoms with Crippen molar-refractivity contribution in [1.82, 2.24) is 4.98 Å². The van der Waals surface area contributed by atoms with E-state index >= 15 is 0 Å². The Labute approximate surface area is 151 Å². The van der Waals surface area contributed by atoms with Crippen LogP contribution < -0.4 is 10.1 Å². The molecule has 2 aromatic carbocycles.